The van der Waals surface area contributed by atoms with E-state index in [2.05, 4.69) is 10.3 Å². The van der Waals surface area contributed by atoms with Crippen LogP contribution in [0.2, 0.25) is 10.0 Å². The first-order valence-electron chi connectivity index (χ1n) is 8.33. The molecular formula is C20H11Cl2N3O3S. The molecule has 0 saturated carbocycles. The first-order valence-corrected chi connectivity index (χ1v) is 9.90. The standard InChI is InChI=1S/C20H11Cl2N3O3S/c21-15-8-6-12(25(27)28)10-14(15)19(26)23-11-5-7-13(16(22)9-11)20-24-17-3-1-2-4-18(17)29-20/h1-10H,(H,23,26). The summed E-state index contributed by atoms with van der Waals surface area (Å²) in [6.07, 6.45) is 0. The lowest BCUT2D eigenvalue weighted by atomic mass is 10.1. The number of nitrogens with zero attached hydrogens (tertiary/aromatic N) is 2. The van der Waals surface area contributed by atoms with Gasteiger partial charge < -0.3 is 5.32 Å². The number of carbonyl (C=O) groups excluding carboxylic acids is 1. The lowest BCUT2D eigenvalue weighted by Crippen LogP contribution is -2.12. The van der Waals surface area contributed by atoms with Gasteiger partial charge in [-0.2, -0.15) is 0 Å². The van der Waals surface area contributed by atoms with E-state index >= 15 is 0 Å². The SMILES string of the molecule is O=C(Nc1ccc(-c2nc3ccccc3s2)c(Cl)c1)c1cc([N+](=O)[O-])ccc1Cl. The number of carbonyl (C=O) groups is 1. The number of rotatable bonds is 4. The van der Waals surface area contributed by atoms with Crippen molar-refractivity contribution in [2.75, 3.05) is 5.32 Å². The van der Waals surface area contributed by atoms with Crippen LogP contribution in [0.3, 0.4) is 0 Å². The average molecular weight is 444 g/mol. The zero-order valence-electron chi connectivity index (χ0n) is 14.6. The lowest BCUT2D eigenvalue weighted by Gasteiger charge is -2.09. The summed E-state index contributed by atoms with van der Waals surface area (Å²) < 4.78 is 1.05. The van der Waals surface area contributed by atoms with Crippen LogP contribution in [0.4, 0.5) is 11.4 Å². The number of aromatic nitrogens is 1. The largest absolute Gasteiger partial charge is 0.322 e. The number of thiazole rings is 1. The van der Waals surface area contributed by atoms with E-state index in [4.69, 9.17) is 23.2 Å². The van der Waals surface area contributed by atoms with Gasteiger partial charge in [-0.05, 0) is 36.4 Å². The minimum absolute atomic E-state index is 0.00670. The molecule has 6 nitrogen and oxygen atoms in total. The van der Waals surface area contributed by atoms with Gasteiger partial charge in [-0.1, -0.05) is 35.3 Å². The first kappa shape index (κ1) is 19.3. The fourth-order valence-electron chi connectivity index (χ4n) is 2.75. The molecule has 144 valence electrons. The van der Waals surface area contributed by atoms with Crippen LogP contribution in [0.15, 0.2) is 60.7 Å². The van der Waals surface area contributed by atoms with Crippen LogP contribution in [0.1, 0.15) is 10.4 Å². The minimum Gasteiger partial charge on any atom is -0.322 e. The summed E-state index contributed by atoms with van der Waals surface area (Å²) in [6.45, 7) is 0. The predicted octanol–water partition coefficient (Wildman–Crippen LogP) is 6.43. The smallest absolute Gasteiger partial charge is 0.270 e. The number of amides is 1. The van der Waals surface area contributed by atoms with Gasteiger partial charge in [0, 0.05) is 23.4 Å². The second-order valence-electron chi connectivity index (χ2n) is 6.06. The van der Waals surface area contributed by atoms with Crippen molar-refractivity contribution in [3.05, 3.63) is 86.4 Å². The Labute approximate surface area is 178 Å². The molecule has 0 bridgehead atoms. The quantitative estimate of drug-likeness (QED) is 0.290. The number of halogens is 2. The molecule has 1 aromatic heterocycles. The van der Waals surface area contributed by atoms with Crippen molar-refractivity contribution < 1.29 is 9.72 Å². The van der Waals surface area contributed by atoms with Gasteiger partial charge in [0.15, 0.2) is 0 Å². The fraction of sp³-hybridized carbons (Fsp3) is 0. The van der Waals surface area contributed by atoms with Crippen LogP contribution in [0.25, 0.3) is 20.8 Å². The van der Waals surface area contributed by atoms with Crippen LogP contribution >= 0.6 is 34.5 Å². The molecule has 0 unspecified atom stereocenters. The minimum atomic E-state index is -0.587. The Morgan fingerprint density at radius 3 is 2.55 bits per heavy atom. The van der Waals surface area contributed by atoms with Crippen LogP contribution in [0.5, 0.6) is 0 Å². The first-order chi connectivity index (χ1) is 13.9. The van der Waals surface area contributed by atoms with Crippen molar-refractivity contribution in [2.45, 2.75) is 0 Å². The molecule has 0 aliphatic rings. The highest BCUT2D eigenvalue weighted by molar-refractivity contribution is 7.21. The Bertz CT molecular complexity index is 1240. The molecule has 0 radical (unpaired) electrons. The van der Waals surface area contributed by atoms with E-state index in [1.54, 1.807) is 18.2 Å². The van der Waals surface area contributed by atoms with E-state index in [1.165, 1.54) is 23.5 Å². The third-order valence-corrected chi connectivity index (χ3v) is 5.87. The molecule has 3 aromatic carbocycles. The molecule has 0 fully saturated rings. The van der Waals surface area contributed by atoms with Crippen LogP contribution in [-0.4, -0.2) is 15.8 Å². The van der Waals surface area contributed by atoms with Gasteiger partial charge in [-0.3, -0.25) is 14.9 Å². The number of non-ortho nitro benzene ring substituents is 1. The Hall–Kier alpha value is -3.00. The van der Waals surface area contributed by atoms with E-state index in [-0.39, 0.29) is 16.3 Å². The topological polar surface area (TPSA) is 85.1 Å². The van der Waals surface area contributed by atoms with Crippen LogP contribution in [0, 0.1) is 10.1 Å². The third-order valence-electron chi connectivity index (χ3n) is 4.16. The van der Waals surface area contributed by atoms with Gasteiger partial charge in [-0.25, -0.2) is 4.98 Å². The molecule has 0 aliphatic carbocycles. The molecule has 0 atom stereocenters. The number of benzene rings is 3. The van der Waals surface area contributed by atoms with E-state index < -0.39 is 10.8 Å². The lowest BCUT2D eigenvalue weighted by molar-refractivity contribution is -0.384. The second-order valence-corrected chi connectivity index (χ2v) is 7.90. The number of anilines is 1. The van der Waals surface area contributed by atoms with Gasteiger partial charge in [0.05, 0.1) is 30.7 Å². The van der Waals surface area contributed by atoms with Crippen molar-refractivity contribution >= 4 is 62.0 Å². The van der Waals surface area contributed by atoms with Gasteiger partial charge in [0.25, 0.3) is 11.6 Å². The van der Waals surface area contributed by atoms with Crippen molar-refractivity contribution in [1.29, 1.82) is 0 Å². The zero-order valence-corrected chi connectivity index (χ0v) is 16.9. The summed E-state index contributed by atoms with van der Waals surface area (Å²) >= 11 is 14.0. The maximum atomic E-state index is 12.5. The molecule has 0 spiro atoms. The molecule has 29 heavy (non-hydrogen) atoms. The van der Waals surface area contributed by atoms with E-state index in [9.17, 15) is 14.9 Å². The van der Waals surface area contributed by atoms with E-state index in [0.717, 1.165) is 26.9 Å². The summed E-state index contributed by atoms with van der Waals surface area (Å²) in [4.78, 5) is 27.5. The molecule has 1 amide bonds. The van der Waals surface area contributed by atoms with Crippen molar-refractivity contribution in [1.82, 2.24) is 4.98 Å². The maximum Gasteiger partial charge on any atom is 0.270 e. The predicted molar refractivity (Wildman–Crippen MR) is 116 cm³/mol. The zero-order chi connectivity index (χ0) is 20.5. The number of nitro groups is 1. The maximum absolute atomic E-state index is 12.5. The molecule has 4 aromatic rings. The summed E-state index contributed by atoms with van der Waals surface area (Å²) in [5.74, 6) is -0.567. The molecule has 9 heteroatoms. The Kier molecular flexibility index (Phi) is 5.19. The van der Waals surface area contributed by atoms with Crippen LogP contribution in [-0.2, 0) is 0 Å². The number of fused-ring (bicyclic) bond motifs is 1. The summed E-state index contributed by atoms with van der Waals surface area (Å²) in [5, 5.41) is 14.9. The summed E-state index contributed by atoms with van der Waals surface area (Å²) in [5.41, 5.74) is 1.86. The average Bonchev–Trinajstić information content (AvgIpc) is 3.12. The number of nitrogens with one attached hydrogen (secondary N) is 1. The Balaban J connectivity index is 1.61. The highest BCUT2D eigenvalue weighted by Crippen LogP contribution is 2.35. The third kappa shape index (κ3) is 3.93. The number of nitro benzene ring substituents is 1. The summed E-state index contributed by atoms with van der Waals surface area (Å²) in [6, 6.07) is 16.5. The van der Waals surface area contributed by atoms with Gasteiger partial charge in [0.2, 0.25) is 0 Å². The normalized spacial score (nSPS) is 10.8. The second kappa shape index (κ2) is 7.79. The molecule has 1 heterocycles. The Morgan fingerprint density at radius 2 is 1.83 bits per heavy atom. The highest BCUT2D eigenvalue weighted by Gasteiger charge is 2.17. The van der Waals surface area contributed by atoms with Crippen molar-refractivity contribution in [3.63, 3.8) is 0 Å². The molecule has 0 aliphatic heterocycles. The van der Waals surface area contributed by atoms with Gasteiger partial charge >= 0.3 is 0 Å². The van der Waals surface area contributed by atoms with Crippen molar-refractivity contribution in [3.8, 4) is 10.6 Å². The van der Waals surface area contributed by atoms with Gasteiger partial charge in [-0.15, -0.1) is 11.3 Å². The molecular weight excluding hydrogens is 433 g/mol. The van der Waals surface area contributed by atoms with Crippen LogP contribution < -0.4 is 5.32 Å². The molecule has 4 rings (SSSR count). The van der Waals surface area contributed by atoms with E-state index in [0.29, 0.717) is 10.7 Å². The Morgan fingerprint density at radius 1 is 1.03 bits per heavy atom. The van der Waals surface area contributed by atoms with Crippen molar-refractivity contribution in [2.24, 2.45) is 0 Å². The number of hydrogen-bond donors (Lipinski definition) is 1. The van der Waals surface area contributed by atoms with E-state index in [1.807, 2.05) is 24.3 Å². The number of hydrogen-bond acceptors (Lipinski definition) is 5. The molecule has 1 N–H and O–H groups in total. The highest BCUT2D eigenvalue weighted by atomic mass is 35.5. The number of para-hydroxylation sites is 1. The summed E-state index contributed by atoms with van der Waals surface area (Å²) in [7, 11) is 0. The monoisotopic (exact) mass is 443 g/mol. The van der Waals surface area contributed by atoms with Gasteiger partial charge in [0.1, 0.15) is 5.01 Å². The molecule has 0 saturated heterocycles. The fourth-order valence-corrected chi connectivity index (χ4v) is 4.29.